The predicted octanol–water partition coefficient (Wildman–Crippen LogP) is 5.33. The molecule has 0 aliphatic rings. The number of methoxy groups -OCH3 is 1. The Bertz CT molecular complexity index is 592. The molecule has 0 fully saturated rings. The van der Waals surface area contributed by atoms with Gasteiger partial charge in [0.15, 0.2) is 0 Å². The van der Waals surface area contributed by atoms with E-state index in [4.69, 9.17) is 16.3 Å². The van der Waals surface area contributed by atoms with Gasteiger partial charge in [0.2, 0.25) is 0 Å². The van der Waals surface area contributed by atoms with E-state index >= 15 is 0 Å². The van der Waals surface area contributed by atoms with Crippen LogP contribution in [0.5, 0.6) is 5.75 Å². The van der Waals surface area contributed by atoms with E-state index in [2.05, 4.69) is 43.8 Å². The van der Waals surface area contributed by atoms with Crippen molar-refractivity contribution in [2.24, 2.45) is 0 Å². The Balaban J connectivity index is 2.14. The number of anilines is 1. The molecule has 2 nitrogen and oxygen atoms in total. The minimum absolute atomic E-state index is 0.718. The van der Waals surface area contributed by atoms with E-state index in [-0.39, 0.29) is 0 Å². The van der Waals surface area contributed by atoms with Crippen molar-refractivity contribution in [2.45, 2.75) is 6.54 Å². The van der Waals surface area contributed by atoms with Gasteiger partial charge in [0, 0.05) is 25.3 Å². The van der Waals surface area contributed by atoms with E-state index in [9.17, 15) is 0 Å². The molecule has 0 aliphatic carbocycles. The Morgan fingerprint density at radius 3 is 2.74 bits per heavy atom. The number of ether oxygens (including phenoxy) is 1. The first-order valence-corrected chi connectivity index (χ1v) is 7.86. The number of nitrogens with one attached hydrogen (secondary N) is 1. The molecular formula is C14H12BrClINO. The van der Waals surface area contributed by atoms with Gasteiger partial charge in [-0.2, -0.15) is 0 Å². The van der Waals surface area contributed by atoms with Crippen LogP contribution in [0, 0.1) is 3.57 Å². The highest BCUT2D eigenvalue weighted by Gasteiger charge is 2.04. The normalized spacial score (nSPS) is 10.3. The lowest BCUT2D eigenvalue weighted by Gasteiger charge is -2.11. The van der Waals surface area contributed by atoms with Gasteiger partial charge in [-0.1, -0.05) is 27.5 Å². The first kappa shape index (κ1) is 14.9. The zero-order valence-corrected chi connectivity index (χ0v) is 14.7. The number of rotatable bonds is 4. The van der Waals surface area contributed by atoms with Gasteiger partial charge >= 0.3 is 0 Å². The van der Waals surface area contributed by atoms with Gasteiger partial charge in [-0.15, -0.1) is 0 Å². The van der Waals surface area contributed by atoms with E-state index in [0.29, 0.717) is 0 Å². The molecular weight excluding hydrogens is 440 g/mol. The molecule has 0 radical (unpaired) electrons. The van der Waals surface area contributed by atoms with Crippen LogP contribution in [0.25, 0.3) is 0 Å². The second kappa shape index (κ2) is 6.81. The van der Waals surface area contributed by atoms with Crippen molar-refractivity contribution < 1.29 is 4.74 Å². The predicted molar refractivity (Wildman–Crippen MR) is 92.2 cm³/mol. The van der Waals surface area contributed by atoms with Gasteiger partial charge in [-0.05, 0) is 64.6 Å². The third kappa shape index (κ3) is 4.00. The van der Waals surface area contributed by atoms with Gasteiger partial charge in [-0.3, -0.25) is 0 Å². The van der Waals surface area contributed by atoms with Crippen LogP contribution in [-0.2, 0) is 6.54 Å². The summed E-state index contributed by atoms with van der Waals surface area (Å²) in [7, 11) is 1.67. The molecule has 0 amide bonds. The van der Waals surface area contributed by atoms with Crippen molar-refractivity contribution in [3.8, 4) is 5.75 Å². The molecule has 0 spiro atoms. The molecule has 0 aliphatic heterocycles. The molecule has 0 atom stereocenters. The summed E-state index contributed by atoms with van der Waals surface area (Å²) in [6, 6.07) is 11.7. The number of hydrogen-bond donors (Lipinski definition) is 1. The lowest BCUT2D eigenvalue weighted by atomic mass is 10.2. The van der Waals surface area contributed by atoms with Gasteiger partial charge in [0.25, 0.3) is 0 Å². The van der Waals surface area contributed by atoms with Gasteiger partial charge in [-0.25, -0.2) is 0 Å². The summed E-state index contributed by atoms with van der Waals surface area (Å²) >= 11 is 11.8. The molecule has 2 aromatic carbocycles. The van der Waals surface area contributed by atoms with Crippen LogP contribution in [0.1, 0.15) is 5.56 Å². The molecule has 100 valence electrons. The van der Waals surface area contributed by atoms with Crippen LogP contribution in [0.15, 0.2) is 40.9 Å². The molecule has 0 aromatic heterocycles. The zero-order valence-electron chi connectivity index (χ0n) is 10.2. The topological polar surface area (TPSA) is 21.3 Å². The van der Waals surface area contributed by atoms with Gasteiger partial charge < -0.3 is 10.1 Å². The second-order valence-electron chi connectivity index (χ2n) is 3.94. The van der Waals surface area contributed by atoms with Crippen molar-refractivity contribution in [3.63, 3.8) is 0 Å². The Morgan fingerprint density at radius 2 is 2.05 bits per heavy atom. The van der Waals surface area contributed by atoms with E-state index < -0.39 is 0 Å². The van der Waals surface area contributed by atoms with Crippen LogP contribution in [0.4, 0.5) is 5.69 Å². The van der Waals surface area contributed by atoms with Crippen LogP contribution in [0.2, 0.25) is 5.02 Å². The summed E-state index contributed by atoms with van der Waals surface area (Å²) in [6.07, 6.45) is 0. The molecule has 0 unspecified atom stereocenters. The number of benzene rings is 2. The maximum Gasteiger partial charge on any atom is 0.119 e. The highest BCUT2D eigenvalue weighted by molar-refractivity contribution is 14.1. The highest BCUT2D eigenvalue weighted by atomic mass is 127. The standard InChI is InChI=1S/C14H12BrClINO/c1-19-11-3-4-12(15)9(6-11)8-18-14-5-2-10(16)7-13(14)17/h2-7,18H,8H2,1H3. The summed E-state index contributed by atoms with van der Waals surface area (Å²) in [6.45, 7) is 0.718. The summed E-state index contributed by atoms with van der Waals surface area (Å²) < 4.78 is 7.39. The molecule has 0 saturated carbocycles. The lowest BCUT2D eigenvalue weighted by Crippen LogP contribution is -2.02. The van der Waals surface area contributed by atoms with Crippen LogP contribution >= 0.6 is 50.1 Å². The monoisotopic (exact) mass is 451 g/mol. The smallest absolute Gasteiger partial charge is 0.119 e. The third-order valence-corrected chi connectivity index (χ3v) is 4.55. The maximum atomic E-state index is 5.94. The first-order chi connectivity index (χ1) is 9.10. The number of halogens is 3. The summed E-state index contributed by atoms with van der Waals surface area (Å²) in [4.78, 5) is 0. The number of hydrogen-bond acceptors (Lipinski definition) is 2. The molecule has 19 heavy (non-hydrogen) atoms. The second-order valence-corrected chi connectivity index (χ2v) is 6.39. The largest absolute Gasteiger partial charge is 0.497 e. The fourth-order valence-electron chi connectivity index (χ4n) is 1.64. The lowest BCUT2D eigenvalue weighted by molar-refractivity contribution is 0.414. The van der Waals surface area contributed by atoms with Crippen molar-refractivity contribution >= 4 is 55.8 Å². The van der Waals surface area contributed by atoms with E-state index in [0.717, 1.165) is 36.6 Å². The summed E-state index contributed by atoms with van der Waals surface area (Å²) in [5.74, 6) is 0.853. The molecule has 2 aromatic rings. The average molecular weight is 453 g/mol. The van der Waals surface area contributed by atoms with Crippen molar-refractivity contribution in [3.05, 3.63) is 55.0 Å². The Morgan fingerprint density at radius 1 is 1.26 bits per heavy atom. The third-order valence-electron chi connectivity index (χ3n) is 2.65. The SMILES string of the molecule is COc1ccc(Br)c(CNc2ccc(Cl)cc2I)c1. The van der Waals surface area contributed by atoms with Crippen molar-refractivity contribution in [1.82, 2.24) is 0 Å². The van der Waals surface area contributed by atoms with Crippen LogP contribution < -0.4 is 10.1 Å². The summed E-state index contributed by atoms with van der Waals surface area (Å²) in [5, 5.41) is 4.14. The Hall–Kier alpha value is -0.460. The molecule has 1 N–H and O–H groups in total. The summed E-state index contributed by atoms with van der Waals surface area (Å²) in [5.41, 5.74) is 2.21. The first-order valence-electron chi connectivity index (χ1n) is 5.61. The van der Waals surface area contributed by atoms with E-state index in [1.54, 1.807) is 7.11 Å². The molecule has 0 saturated heterocycles. The Kier molecular flexibility index (Phi) is 5.36. The Labute approximate surface area is 139 Å². The van der Waals surface area contributed by atoms with Crippen molar-refractivity contribution in [2.75, 3.05) is 12.4 Å². The highest BCUT2D eigenvalue weighted by Crippen LogP contribution is 2.26. The van der Waals surface area contributed by atoms with Gasteiger partial charge in [0.1, 0.15) is 5.75 Å². The fourth-order valence-corrected chi connectivity index (χ4v) is 3.09. The maximum absolute atomic E-state index is 5.94. The zero-order chi connectivity index (χ0) is 13.8. The van der Waals surface area contributed by atoms with Crippen molar-refractivity contribution in [1.29, 1.82) is 0 Å². The molecule has 0 heterocycles. The van der Waals surface area contributed by atoms with Crippen LogP contribution in [-0.4, -0.2) is 7.11 Å². The molecule has 2 rings (SSSR count). The average Bonchev–Trinajstić information content (AvgIpc) is 2.39. The van der Waals surface area contributed by atoms with Gasteiger partial charge in [0.05, 0.1) is 7.11 Å². The minimum Gasteiger partial charge on any atom is -0.497 e. The van der Waals surface area contributed by atoms with E-state index in [1.165, 1.54) is 0 Å². The minimum atomic E-state index is 0.718. The molecule has 5 heteroatoms. The van der Waals surface area contributed by atoms with E-state index in [1.807, 2.05) is 36.4 Å². The fraction of sp³-hybridized carbons (Fsp3) is 0.143. The van der Waals surface area contributed by atoms with Crippen LogP contribution in [0.3, 0.4) is 0 Å². The quantitative estimate of drug-likeness (QED) is 0.634. The molecule has 0 bridgehead atoms.